The molecule has 3 rings (SSSR count). The summed E-state index contributed by atoms with van der Waals surface area (Å²) in [6.07, 6.45) is 1.63. The number of carbonyl (C=O) groups excluding carboxylic acids is 2. The third-order valence-electron chi connectivity index (χ3n) is 3.40. The summed E-state index contributed by atoms with van der Waals surface area (Å²) < 4.78 is 0.716. The number of carbonyl (C=O) groups is 2. The van der Waals surface area contributed by atoms with Crippen LogP contribution < -0.4 is 5.43 Å². The highest BCUT2D eigenvalue weighted by atomic mass is 79.9. The smallest absolute Gasteiger partial charge is 0.285 e. The maximum atomic E-state index is 12.6. The first kappa shape index (κ1) is 18.9. The van der Waals surface area contributed by atoms with Gasteiger partial charge in [0.15, 0.2) is 4.32 Å². The van der Waals surface area contributed by atoms with Gasteiger partial charge in [-0.1, -0.05) is 41.6 Å². The standard InChI is InChI=1S/C17H10BrClN2O3S2/c18-11-7-9(5-6-13(11)22)8-14-16(24)21(17(25)26-14)20-15(23)10-3-1-2-4-12(10)19/h1-8,22H,(H,20,23)/b14-8+. The first-order chi connectivity index (χ1) is 12.4. The van der Waals surface area contributed by atoms with Gasteiger partial charge in [0.25, 0.3) is 11.8 Å². The number of hydrogen-bond acceptors (Lipinski definition) is 5. The third kappa shape index (κ3) is 3.93. The summed E-state index contributed by atoms with van der Waals surface area (Å²) in [5.74, 6) is -0.869. The Balaban J connectivity index is 1.80. The summed E-state index contributed by atoms with van der Waals surface area (Å²) >= 11 is 15.5. The van der Waals surface area contributed by atoms with Crippen LogP contribution in [0.3, 0.4) is 0 Å². The molecule has 2 N–H and O–H groups in total. The van der Waals surface area contributed by atoms with E-state index in [4.69, 9.17) is 23.8 Å². The van der Waals surface area contributed by atoms with Gasteiger partial charge in [-0.05, 0) is 64.1 Å². The number of thiocarbonyl (C=S) groups is 1. The van der Waals surface area contributed by atoms with Crippen LogP contribution in [-0.4, -0.2) is 26.3 Å². The van der Waals surface area contributed by atoms with Crippen LogP contribution in [0.1, 0.15) is 15.9 Å². The molecule has 0 aliphatic carbocycles. The van der Waals surface area contributed by atoms with Crippen molar-refractivity contribution in [1.29, 1.82) is 0 Å². The topological polar surface area (TPSA) is 69.6 Å². The van der Waals surface area contributed by atoms with E-state index in [-0.39, 0.29) is 20.7 Å². The second-order valence-corrected chi connectivity index (χ2v) is 8.09. The minimum Gasteiger partial charge on any atom is -0.507 e. The van der Waals surface area contributed by atoms with Gasteiger partial charge in [-0.15, -0.1) is 0 Å². The van der Waals surface area contributed by atoms with Gasteiger partial charge in [0, 0.05) is 0 Å². The summed E-state index contributed by atoms with van der Waals surface area (Å²) in [6, 6.07) is 11.4. The highest BCUT2D eigenvalue weighted by Gasteiger charge is 2.34. The molecular formula is C17H10BrClN2O3S2. The van der Waals surface area contributed by atoms with Gasteiger partial charge >= 0.3 is 0 Å². The zero-order valence-corrected chi connectivity index (χ0v) is 16.9. The molecule has 5 nitrogen and oxygen atoms in total. The fourth-order valence-corrected chi connectivity index (χ4v) is 3.93. The first-order valence-electron chi connectivity index (χ1n) is 7.19. The molecule has 9 heteroatoms. The molecule has 0 bridgehead atoms. The van der Waals surface area contributed by atoms with Gasteiger partial charge in [-0.2, -0.15) is 5.01 Å². The van der Waals surface area contributed by atoms with Gasteiger partial charge < -0.3 is 5.11 Å². The lowest BCUT2D eigenvalue weighted by atomic mass is 10.2. The normalized spacial score (nSPS) is 15.6. The van der Waals surface area contributed by atoms with Crippen molar-refractivity contribution < 1.29 is 14.7 Å². The summed E-state index contributed by atoms with van der Waals surface area (Å²) in [6.45, 7) is 0. The van der Waals surface area contributed by atoms with Gasteiger partial charge in [0.05, 0.1) is 20.0 Å². The van der Waals surface area contributed by atoms with Crippen molar-refractivity contribution in [2.75, 3.05) is 0 Å². The number of thioether (sulfide) groups is 1. The highest BCUT2D eigenvalue weighted by molar-refractivity contribution is 9.10. The van der Waals surface area contributed by atoms with Crippen LogP contribution in [0, 0.1) is 0 Å². The Labute approximate surface area is 172 Å². The first-order valence-corrected chi connectivity index (χ1v) is 9.58. The molecule has 1 fully saturated rings. The number of aromatic hydroxyl groups is 1. The molecule has 132 valence electrons. The molecule has 0 spiro atoms. The van der Waals surface area contributed by atoms with E-state index in [1.807, 2.05) is 0 Å². The molecule has 0 unspecified atom stereocenters. The molecule has 1 aliphatic heterocycles. The molecule has 2 aromatic rings. The van der Waals surface area contributed by atoms with Crippen molar-refractivity contribution in [3.8, 4) is 5.75 Å². The van der Waals surface area contributed by atoms with E-state index in [1.165, 1.54) is 6.07 Å². The van der Waals surface area contributed by atoms with Crippen LogP contribution >= 0.6 is 51.5 Å². The second kappa shape index (κ2) is 7.79. The minimum absolute atomic E-state index is 0.0988. The quantitative estimate of drug-likeness (QED) is 0.516. The Kier molecular flexibility index (Phi) is 5.67. The van der Waals surface area contributed by atoms with Crippen LogP contribution in [0.4, 0.5) is 0 Å². The van der Waals surface area contributed by atoms with Crippen molar-refractivity contribution in [3.05, 3.63) is 68.0 Å². The number of rotatable bonds is 3. The van der Waals surface area contributed by atoms with E-state index in [0.717, 1.165) is 16.8 Å². The Morgan fingerprint density at radius 1 is 1.31 bits per heavy atom. The Morgan fingerprint density at radius 3 is 2.73 bits per heavy atom. The van der Waals surface area contributed by atoms with E-state index >= 15 is 0 Å². The highest BCUT2D eigenvalue weighted by Crippen LogP contribution is 2.33. The van der Waals surface area contributed by atoms with Crippen LogP contribution in [0.2, 0.25) is 5.02 Å². The van der Waals surface area contributed by atoms with E-state index in [9.17, 15) is 14.7 Å². The molecule has 1 heterocycles. The summed E-state index contributed by atoms with van der Waals surface area (Å²) in [5.41, 5.74) is 3.43. The largest absolute Gasteiger partial charge is 0.507 e. The number of halogens is 2. The molecule has 1 aliphatic rings. The number of phenols is 1. The Morgan fingerprint density at radius 2 is 2.04 bits per heavy atom. The van der Waals surface area contributed by atoms with Crippen molar-refractivity contribution >= 4 is 73.7 Å². The summed E-state index contributed by atoms with van der Waals surface area (Å²) in [5, 5.41) is 10.8. The van der Waals surface area contributed by atoms with Crippen molar-refractivity contribution in [2.24, 2.45) is 0 Å². The molecule has 0 aromatic heterocycles. The predicted molar refractivity (Wildman–Crippen MR) is 110 cm³/mol. The van der Waals surface area contributed by atoms with Crippen LogP contribution in [0.25, 0.3) is 6.08 Å². The number of hydrogen-bond donors (Lipinski definition) is 2. The van der Waals surface area contributed by atoms with Gasteiger partial charge in [-0.3, -0.25) is 15.0 Å². The lowest BCUT2D eigenvalue weighted by Gasteiger charge is -2.16. The number of benzene rings is 2. The van der Waals surface area contributed by atoms with Crippen LogP contribution in [0.5, 0.6) is 5.75 Å². The van der Waals surface area contributed by atoms with Crippen LogP contribution in [0.15, 0.2) is 51.8 Å². The van der Waals surface area contributed by atoms with Crippen LogP contribution in [-0.2, 0) is 4.79 Å². The number of phenolic OH excluding ortho intramolecular Hbond substituents is 1. The number of nitrogens with zero attached hydrogens (tertiary/aromatic N) is 1. The fourth-order valence-electron chi connectivity index (χ4n) is 2.14. The molecule has 0 atom stereocenters. The van der Waals surface area contributed by atoms with E-state index in [1.54, 1.807) is 42.5 Å². The lowest BCUT2D eigenvalue weighted by Crippen LogP contribution is -2.44. The Hall–Kier alpha value is -1.87. The maximum Gasteiger partial charge on any atom is 0.285 e. The van der Waals surface area contributed by atoms with Crippen molar-refractivity contribution in [2.45, 2.75) is 0 Å². The van der Waals surface area contributed by atoms with E-state index < -0.39 is 11.8 Å². The number of nitrogens with one attached hydrogen (secondary N) is 1. The van der Waals surface area contributed by atoms with Crippen molar-refractivity contribution in [3.63, 3.8) is 0 Å². The minimum atomic E-state index is -0.527. The number of hydrazine groups is 1. The monoisotopic (exact) mass is 468 g/mol. The average molecular weight is 470 g/mol. The Bertz CT molecular complexity index is 965. The molecule has 0 radical (unpaired) electrons. The average Bonchev–Trinajstić information content (AvgIpc) is 2.86. The molecule has 0 saturated carbocycles. The van der Waals surface area contributed by atoms with Gasteiger partial charge in [0.1, 0.15) is 5.75 Å². The number of amides is 2. The molecule has 2 amide bonds. The summed E-state index contributed by atoms with van der Waals surface area (Å²) in [4.78, 5) is 25.3. The molecular weight excluding hydrogens is 460 g/mol. The maximum absolute atomic E-state index is 12.6. The lowest BCUT2D eigenvalue weighted by molar-refractivity contribution is -0.123. The van der Waals surface area contributed by atoms with Gasteiger partial charge in [-0.25, -0.2) is 0 Å². The molecule has 1 saturated heterocycles. The van der Waals surface area contributed by atoms with E-state index in [2.05, 4.69) is 21.4 Å². The molecule has 26 heavy (non-hydrogen) atoms. The molecule has 2 aromatic carbocycles. The van der Waals surface area contributed by atoms with Crippen molar-refractivity contribution in [1.82, 2.24) is 10.4 Å². The van der Waals surface area contributed by atoms with E-state index in [0.29, 0.717) is 14.9 Å². The zero-order valence-electron chi connectivity index (χ0n) is 12.9. The summed E-state index contributed by atoms with van der Waals surface area (Å²) in [7, 11) is 0. The third-order valence-corrected chi connectivity index (χ3v) is 5.66. The zero-order chi connectivity index (χ0) is 18.8. The fraction of sp³-hybridized carbons (Fsp3) is 0. The second-order valence-electron chi connectivity index (χ2n) is 5.15. The predicted octanol–water partition coefficient (Wildman–Crippen LogP) is 4.35. The SMILES string of the molecule is O=C(NN1C(=O)/C(=C\c2ccc(O)c(Br)c2)SC1=S)c1ccccc1Cl. The van der Waals surface area contributed by atoms with Gasteiger partial charge in [0.2, 0.25) is 0 Å².